The van der Waals surface area contributed by atoms with Gasteiger partial charge in [-0.3, -0.25) is 9.11 Å². The van der Waals surface area contributed by atoms with Gasteiger partial charge in [0.25, 0.3) is 0 Å². The van der Waals surface area contributed by atoms with Crippen LogP contribution in [0.1, 0.15) is 46.5 Å². The third-order valence-electron chi connectivity index (χ3n) is 4.84. The van der Waals surface area contributed by atoms with Crippen LogP contribution in [0, 0.1) is 0 Å². The molecule has 0 bridgehead atoms. The summed E-state index contributed by atoms with van der Waals surface area (Å²) in [6.45, 7) is 9.16. The fourth-order valence-electron chi connectivity index (χ4n) is 3.23. The van der Waals surface area contributed by atoms with Crippen molar-refractivity contribution in [1.82, 2.24) is 10.2 Å². The highest BCUT2D eigenvalue weighted by Crippen LogP contribution is 2.26. The van der Waals surface area contributed by atoms with Crippen molar-refractivity contribution >= 4 is 10.8 Å². The summed E-state index contributed by atoms with van der Waals surface area (Å²) >= 11 is 0. The number of rotatable bonds is 3. The maximum absolute atomic E-state index is 11.5. The molecule has 3 nitrogen and oxygen atoms in total. The first-order valence-corrected chi connectivity index (χ1v) is 8.92. The SMILES string of the molecule is CCC1CNC(C)(CC)CN1C1CCS(=O)CC1. The number of hydrogen-bond donors (Lipinski definition) is 1. The van der Waals surface area contributed by atoms with Crippen molar-refractivity contribution in [2.24, 2.45) is 0 Å². The standard InChI is InChI=1S/C14H28N2OS/c1-4-12-10-15-14(3,5-2)11-16(12)13-6-8-18(17)9-7-13/h12-13,15H,4-11H2,1-3H3. The lowest BCUT2D eigenvalue weighted by atomic mass is 9.90. The van der Waals surface area contributed by atoms with E-state index in [2.05, 4.69) is 31.0 Å². The van der Waals surface area contributed by atoms with Gasteiger partial charge in [-0.1, -0.05) is 13.8 Å². The highest BCUT2D eigenvalue weighted by atomic mass is 32.2. The summed E-state index contributed by atoms with van der Waals surface area (Å²) in [7, 11) is -0.542. The smallest absolute Gasteiger partial charge is 0.0278 e. The molecule has 18 heavy (non-hydrogen) atoms. The molecule has 0 saturated carbocycles. The van der Waals surface area contributed by atoms with Gasteiger partial charge in [-0.15, -0.1) is 0 Å². The van der Waals surface area contributed by atoms with Crippen LogP contribution in [0.3, 0.4) is 0 Å². The van der Waals surface area contributed by atoms with Crippen LogP contribution in [0.5, 0.6) is 0 Å². The van der Waals surface area contributed by atoms with Gasteiger partial charge in [0.2, 0.25) is 0 Å². The van der Waals surface area contributed by atoms with Crippen molar-refractivity contribution in [3.05, 3.63) is 0 Å². The Morgan fingerprint density at radius 1 is 1.33 bits per heavy atom. The van der Waals surface area contributed by atoms with Crippen LogP contribution in [0.2, 0.25) is 0 Å². The molecule has 2 unspecified atom stereocenters. The van der Waals surface area contributed by atoms with Gasteiger partial charge in [0.05, 0.1) is 0 Å². The second kappa shape index (κ2) is 6.02. The molecule has 0 aliphatic carbocycles. The summed E-state index contributed by atoms with van der Waals surface area (Å²) in [4.78, 5) is 2.72. The first-order chi connectivity index (χ1) is 8.58. The van der Waals surface area contributed by atoms with Crippen LogP contribution in [-0.2, 0) is 10.8 Å². The lowest BCUT2D eigenvalue weighted by Gasteiger charge is -2.50. The minimum Gasteiger partial charge on any atom is -0.309 e. The summed E-state index contributed by atoms with van der Waals surface area (Å²) in [6, 6.07) is 1.33. The van der Waals surface area contributed by atoms with Crippen molar-refractivity contribution in [2.75, 3.05) is 24.6 Å². The van der Waals surface area contributed by atoms with E-state index in [0.29, 0.717) is 12.1 Å². The molecular weight excluding hydrogens is 244 g/mol. The van der Waals surface area contributed by atoms with Gasteiger partial charge in [-0.25, -0.2) is 0 Å². The van der Waals surface area contributed by atoms with Gasteiger partial charge in [0, 0.05) is 53.0 Å². The zero-order valence-electron chi connectivity index (χ0n) is 12.1. The van der Waals surface area contributed by atoms with Crippen LogP contribution in [0.25, 0.3) is 0 Å². The van der Waals surface area contributed by atoms with Crippen LogP contribution in [0.15, 0.2) is 0 Å². The van der Waals surface area contributed by atoms with Gasteiger partial charge < -0.3 is 5.32 Å². The Labute approximate surface area is 114 Å². The molecule has 2 aliphatic heterocycles. The molecule has 2 aliphatic rings. The second-order valence-electron chi connectivity index (χ2n) is 6.11. The van der Waals surface area contributed by atoms with E-state index < -0.39 is 10.8 Å². The fraction of sp³-hybridized carbons (Fsp3) is 1.00. The van der Waals surface area contributed by atoms with E-state index in [4.69, 9.17) is 0 Å². The zero-order chi connectivity index (χ0) is 13.2. The lowest BCUT2D eigenvalue weighted by Crippen LogP contribution is -2.65. The highest BCUT2D eigenvalue weighted by molar-refractivity contribution is 7.85. The summed E-state index contributed by atoms with van der Waals surface area (Å²) in [5.41, 5.74) is 0.266. The Balaban J connectivity index is 2.04. The first-order valence-electron chi connectivity index (χ1n) is 7.43. The Morgan fingerprint density at radius 2 is 2.00 bits per heavy atom. The van der Waals surface area contributed by atoms with Crippen molar-refractivity contribution in [3.63, 3.8) is 0 Å². The van der Waals surface area contributed by atoms with Crippen molar-refractivity contribution in [1.29, 1.82) is 0 Å². The molecule has 2 fully saturated rings. The minimum atomic E-state index is -0.542. The third-order valence-corrected chi connectivity index (χ3v) is 6.23. The number of nitrogens with zero attached hydrogens (tertiary/aromatic N) is 1. The monoisotopic (exact) mass is 272 g/mol. The second-order valence-corrected chi connectivity index (χ2v) is 7.80. The molecule has 2 saturated heterocycles. The van der Waals surface area contributed by atoms with Crippen LogP contribution < -0.4 is 5.32 Å². The maximum Gasteiger partial charge on any atom is 0.0278 e. The molecule has 1 N–H and O–H groups in total. The Bertz CT molecular complexity index is 300. The average molecular weight is 272 g/mol. The average Bonchev–Trinajstić information content (AvgIpc) is 2.40. The van der Waals surface area contributed by atoms with Gasteiger partial charge in [-0.05, 0) is 32.6 Å². The summed E-state index contributed by atoms with van der Waals surface area (Å²) in [6.07, 6.45) is 4.65. The molecule has 2 rings (SSSR count). The Kier molecular flexibility index (Phi) is 4.84. The number of hydrogen-bond acceptors (Lipinski definition) is 3. The first kappa shape index (κ1) is 14.5. The normalized spacial score (nSPS) is 42.9. The molecule has 4 heteroatoms. The number of nitrogens with one attached hydrogen (secondary N) is 1. The largest absolute Gasteiger partial charge is 0.309 e. The summed E-state index contributed by atoms with van der Waals surface area (Å²) in [5, 5.41) is 3.72. The molecule has 0 spiro atoms. The molecule has 0 radical (unpaired) electrons. The van der Waals surface area contributed by atoms with E-state index in [9.17, 15) is 4.21 Å². The summed E-state index contributed by atoms with van der Waals surface area (Å²) < 4.78 is 11.5. The summed E-state index contributed by atoms with van der Waals surface area (Å²) in [5.74, 6) is 1.82. The topological polar surface area (TPSA) is 32.3 Å². The zero-order valence-corrected chi connectivity index (χ0v) is 12.9. The van der Waals surface area contributed by atoms with Gasteiger partial charge in [-0.2, -0.15) is 0 Å². The van der Waals surface area contributed by atoms with E-state index in [1.807, 2.05) is 0 Å². The van der Waals surface area contributed by atoms with Crippen molar-refractivity contribution in [2.45, 2.75) is 64.1 Å². The van der Waals surface area contributed by atoms with Crippen molar-refractivity contribution < 1.29 is 4.21 Å². The highest BCUT2D eigenvalue weighted by Gasteiger charge is 2.37. The Hall–Kier alpha value is 0.0700. The molecule has 106 valence electrons. The molecule has 0 amide bonds. The quantitative estimate of drug-likeness (QED) is 0.849. The van der Waals surface area contributed by atoms with E-state index in [-0.39, 0.29) is 5.54 Å². The van der Waals surface area contributed by atoms with E-state index in [1.54, 1.807) is 0 Å². The minimum absolute atomic E-state index is 0.266. The van der Waals surface area contributed by atoms with Gasteiger partial charge in [0.15, 0.2) is 0 Å². The van der Waals surface area contributed by atoms with Crippen LogP contribution in [0.4, 0.5) is 0 Å². The van der Waals surface area contributed by atoms with Crippen LogP contribution >= 0.6 is 0 Å². The van der Waals surface area contributed by atoms with Crippen LogP contribution in [-0.4, -0.2) is 51.3 Å². The number of piperazine rings is 1. The molecule has 0 aromatic heterocycles. The van der Waals surface area contributed by atoms with Crippen molar-refractivity contribution in [3.8, 4) is 0 Å². The van der Waals surface area contributed by atoms with E-state index in [1.165, 1.54) is 12.8 Å². The predicted molar refractivity (Wildman–Crippen MR) is 78.4 cm³/mol. The molecular formula is C14H28N2OS. The molecule has 0 aromatic rings. The van der Waals surface area contributed by atoms with E-state index >= 15 is 0 Å². The fourth-order valence-corrected chi connectivity index (χ4v) is 4.50. The third kappa shape index (κ3) is 3.14. The predicted octanol–water partition coefficient (Wildman–Crippen LogP) is 1.75. The molecule has 0 aromatic carbocycles. The Morgan fingerprint density at radius 3 is 2.56 bits per heavy atom. The lowest BCUT2D eigenvalue weighted by molar-refractivity contribution is 0.0400. The van der Waals surface area contributed by atoms with Gasteiger partial charge >= 0.3 is 0 Å². The molecule has 2 heterocycles. The molecule has 2 atom stereocenters. The van der Waals surface area contributed by atoms with E-state index in [0.717, 1.165) is 37.4 Å². The van der Waals surface area contributed by atoms with Gasteiger partial charge in [0.1, 0.15) is 0 Å². The maximum atomic E-state index is 11.5.